The number of benzene rings is 2. The number of anilines is 3. The van der Waals surface area contributed by atoms with Crippen molar-refractivity contribution in [3.63, 3.8) is 0 Å². The van der Waals surface area contributed by atoms with Crippen LogP contribution >= 0.6 is 0 Å². The maximum atomic E-state index is 12.4. The lowest BCUT2D eigenvalue weighted by atomic mass is 10.1. The molecular formula is C25H26N6O. The molecule has 0 aliphatic carbocycles. The van der Waals surface area contributed by atoms with Crippen LogP contribution in [0.15, 0.2) is 60.8 Å². The molecule has 0 atom stereocenters. The Balaban J connectivity index is 1.47. The normalized spacial score (nSPS) is 10.8. The number of carbonyl (C=O) groups is 1. The summed E-state index contributed by atoms with van der Waals surface area (Å²) >= 11 is 0. The van der Waals surface area contributed by atoms with Crippen molar-refractivity contribution in [1.82, 2.24) is 15.0 Å². The number of nitrogens with one attached hydrogen (secondary N) is 2. The Labute approximate surface area is 187 Å². The lowest BCUT2D eigenvalue weighted by Gasteiger charge is -2.15. The number of carbonyl (C=O) groups excluding carboxylic acids is 1. The van der Waals surface area contributed by atoms with Gasteiger partial charge in [-0.25, -0.2) is 4.98 Å². The van der Waals surface area contributed by atoms with E-state index in [-0.39, 0.29) is 5.91 Å². The predicted octanol–water partition coefficient (Wildman–Crippen LogP) is 4.57. The second kappa shape index (κ2) is 9.01. The van der Waals surface area contributed by atoms with Crippen LogP contribution in [0.5, 0.6) is 0 Å². The summed E-state index contributed by atoms with van der Waals surface area (Å²) in [6.45, 7) is 4.55. The van der Waals surface area contributed by atoms with E-state index >= 15 is 0 Å². The number of nitrogens with zero attached hydrogens (tertiary/aromatic N) is 4. The quantitative estimate of drug-likeness (QED) is 0.470. The minimum Gasteiger partial charge on any atom is -0.365 e. The van der Waals surface area contributed by atoms with Crippen LogP contribution in [0.25, 0.3) is 10.9 Å². The summed E-state index contributed by atoms with van der Waals surface area (Å²) in [6, 6.07) is 17.5. The fourth-order valence-electron chi connectivity index (χ4n) is 3.26. The molecule has 7 nitrogen and oxygen atoms in total. The molecular weight excluding hydrogens is 400 g/mol. The number of aryl methyl sites for hydroxylation is 2. The number of hydrogen-bond donors (Lipinski definition) is 2. The van der Waals surface area contributed by atoms with Gasteiger partial charge in [-0.1, -0.05) is 18.2 Å². The van der Waals surface area contributed by atoms with Gasteiger partial charge in [0.2, 0.25) is 5.95 Å². The third kappa shape index (κ3) is 4.83. The maximum absolute atomic E-state index is 12.4. The molecule has 0 aliphatic rings. The molecule has 0 bridgehead atoms. The van der Waals surface area contributed by atoms with Gasteiger partial charge < -0.3 is 15.5 Å². The van der Waals surface area contributed by atoms with E-state index < -0.39 is 0 Å². The lowest BCUT2D eigenvalue weighted by Crippen LogP contribution is -2.14. The summed E-state index contributed by atoms with van der Waals surface area (Å²) in [6.07, 6.45) is 1.58. The summed E-state index contributed by atoms with van der Waals surface area (Å²) < 4.78 is 0. The van der Waals surface area contributed by atoms with E-state index in [0.29, 0.717) is 18.1 Å². The minimum absolute atomic E-state index is 0.178. The van der Waals surface area contributed by atoms with E-state index in [1.54, 1.807) is 12.3 Å². The molecule has 0 saturated heterocycles. The fraction of sp³-hybridized carbons (Fsp3) is 0.200. The van der Waals surface area contributed by atoms with E-state index in [1.165, 1.54) is 0 Å². The van der Waals surface area contributed by atoms with Crippen LogP contribution in [-0.2, 0) is 6.54 Å². The van der Waals surface area contributed by atoms with Crippen LogP contribution in [0.4, 0.5) is 17.5 Å². The summed E-state index contributed by atoms with van der Waals surface area (Å²) in [7, 11) is 3.86. The predicted molar refractivity (Wildman–Crippen MR) is 129 cm³/mol. The van der Waals surface area contributed by atoms with Crippen LogP contribution in [0.3, 0.4) is 0 Å². The molecule has 2 aromatic heterocycles. The van der Waals surface area contributed by atoms with Gasteiger partial charge >= 0.3 is 0 Å². The molecule has 0 unspecified atom stereocenters. The van der Waals surface area contributed by atoms with Crippen molar-refractivity contribution in [2.24, 2.45) is 0 Å². The van der Waals surface area contributed by atoms with Crippen LogP contribution in [0, 0.1) is 13.8 Å². The number of pyridine rings is 1. The highest BCUT2D eigenvalue weighted by Gasteiger charge is 2.10. The zero-order valence-electron chi connectivity index (χ0n) is 18.7. The molecule has 162 valence electrons. The molecule has 4 aromatic rings. The number of rotatable bonds is 6. The first-order valence-electron chi connectivity index (χ1n) is 10.4. The average Bonchev–Trinajstić information content (AvgIpc) is 2.78. The molecule has 1 amide bonds. The van der Waals surface area contributed by atoms with E-state index in [0.717, 1.165) is 39.2 Å². The van der Waals surface area contributed by atoms with Crippen LogP contribution in [0.2, 0.25) is 0 Å². The van der Waals surface area contributed by atoms with Gasteiger partial charge in [-0.3, -0.25) is 9.78 Å². The Bertz CT molecular complexity index is 1250. The molecule has 4 rings (SSSR count). The van der Waals surface area contributed by atoms with Gasteiger partial charge in [0.05, 0.1) is 11.1 Å². The Kier molecular flexibility index (Phi) is 5.98. The molecule has 7 heteroatoms. The Hall–Kier alpha value is -4.00. The third-order valence-electron chi connectivity index (χ3n) is 5.09. The molecule has 0 fully saturated rings. The molecule has 0 radical (unpaired) electrons. The smallest absolute Gasteiger partial charge is 0.257 e. The zero-order chi connectivity index (χ0) is 22.7. The van der Waals surface area contributed by atoms with Gasteiger partial charge in [0.1, 0.15) is 5.82 Å². The molecule has 32 heavy (non-hydrogen) atoms. The van der Waals surface area contributed by atoms with Crippen molar-refractivity contribution in [3.8, 4) is 0 Å². The zero-order valence-corrected chi connectivity index (χ0v) is 18.7. The van der Waals surface area contributed by atoms with Gasteiger partial charge in [-0.2, -0.15) is 4.98 Å². The molecule has 2 heterocycles. The molecule has 0 saturated carbocycles. The lowest BCUT2D eigenvalue weighted by molar-refractivity contribution is 0.102. The van der Waals surface area contributed by atoms with Crippen LogP contribution in [-0.4, -0.2) is 35.0 Å². The van der Waals surface area contributed by atoms with E-state index in [4.69, 9.17) is 0 Å². The minimum atomic E-state index is -0.178. The summed E-state index contributed by atoms with van der Waals surface area (Å²) in [5.74, 6) is 1.28. The highest BCUT2D eigenvalue weighted by molar-refractivity contribution is 6.04. The van der Waals surface area contributed by atoms with Crippen molar-refractivity contribution >= 4 is 34.3 Å². The topological polar surface area (TPSA) is 83.0 Å². The Morgan fingerprint density at radius 2 is 1.75 bits per heavy atom. The van der Waals surface area contributed by atoms with Crippen molar-refractivity contribution in [2.75, 3.05) is 29.6 Å². The van der Waals surface area contributed by atoms with Crippen LogP contribution in [0.1, 0.15) is 27.2 Å². The summed E-state index contributed by atoms with van der Waals surface area (Å²) in [5, 5.41) is 7.32. The van der Waals surface area contributed by atoms with Gasteiger partial charge in [0, 0.05) is 43.6 Å². The number of hydrogen-bond acceptors (Lipinski definition) is 6. The van der Waals surface area contributed by atoms with Gasteiger partial charge in [-0.15, -0.1) is 0 Å². The standard InChI is InChI=1S/C25H26N6O/c1-16-5-12-21-22(13-16)29-25(31(3)4)30-23(21)27-14-18-7-10-20(11-8-18)28-24(32)19-9-6-17(2)26-15-19/h5-13,15H,14H2,1-4H3,(H,28,32)(H,27,29,30). The second-order valence-electron chi connectivity index (χ2n) is 7.98. The van der Waals surface area contributed by atoms with Gasteiger partial charge in [0.15, 0.2) is 0 Å². The molecule has 2 N–H and O–H groups in total. The fourth-order valence-corrected chi connectivity index (χ4v) is 3.26. The molecule has 0 aliphatic heterocycles. The van der Waals surface area contributed by atoms with Crippen molar-refractivity contribution in [2.45, 2.75) is 20.4 Å². The summed E-state index contributed by atoms with van der Waals surface area (Å²) in [4.78, 5) is 27.8. The molecule has 2 aromatic carbocycles. The van der Waals surface area contributed by atoms with Gasteiger partial charge in [-0.05, 0) is 61.4 Å². The second-order valence-corrected chi connectivity index (χ2v) is 7.98. The Morgan fingerprint density at radius 1 is 0.969 bits per heavy atom. The first-order valence-corrected chi connectivity index (χ1v) is 10.4. The highest BCUT2D eigenvalue weighted by atomic mass is 16.1. The monoisotopic (exact) mass is 426 g/mol. The van der Waals surface area contributed by atoms with Crippen molar-refractivity contribution < 1.29 is 4.79 Å². The first-order chi connectivity index (χ1) is 15.4. The number of aromatic nitrogens is 3. The summed E-state index contributed by atoms with van der Waals surface area (Å²) in [5.41, 5.74) is 5.29. The Morgan fingerprint density at radius 3 is 2.44 bits per heavy atom. The van der Waals surface area contributed by atoms with Crippen molar-refractivity contribution in [1.29, 1.82) is 0 Å². The van der Waals surface area contributed by atoms with E-state index in [1.807, 2.05) is 62.3 Å². The van der Waals surface area contributed by atoms with E-state index in [9.17, 15) is 4.79 Å². The molecule has 0 spiro atoms. The highest BCUT2D eigenvalue weighted by Crippen LogP contribution is 2.24. The third-order valence-corrected chi connectivity index (χ3v) is 5.09. The van der Waals surface area contributed by atoms with Gasteiger partial charge in [0.25, 0.3) is 5.91 Å². The first kappa shape index (κ1) is 21.2. The average molecular weight is 427 g/mol. The van der Waals surface area contributed by atoms with E-state index in [2.05, 4.69) is 44.6 Å². The maximum Gasteiger partial charge on any atom is 0.257 e. The van der Waals surface area contributed by atoms with Crippen LogP contribution < -0.4 is 15.5 Å². The number of amides is 1. The van der Waals surface area contributed by atoms with Crippen molar-refractivity contribution in [3.05, 3.63) is 83.2 Å². The SMILES string of the molecule is Cc1ccc2c(NCc3ccc(NC(=O)c4ccc(C)nc4)cc3)nc(N(C)C)nc2c1. The largest absolute Gasteiger partial charge is 0.365 e. The number of fused-ring (bicyclic) bond motifs is 1.